The van der Waals surface area contributed by atoms with Gasteiger partial charge in [-0.1, -0.05) is 23.7 Å². The summed E-state index contributed by atoms with van der Waals surface area (Å²) < 4.78 is 10.7. The summed E-state index contributed by atoms with van der Waals surface area (Å²) in [7, 11) is 6.65. The van der Waals surface area contributed by atoms with Gasteiger partial charge in [-0.3, -0.25) is 19.3 Å². The third-order valence-electron chi connectivity index (χ3n) is 6.36. The van der Waals surface area contributed by atoms with Gasteiger partial charge in [-0.25, -0.2) is 0 Å². The maximum atomic E-state index is 13.5. The zero-order chi connectivity index (χ0) is 28.4. The van der Waals surface area contributed by atoms with Gasteiger partial charge >= 0.3 is 0 Å². The minimum absolute atomic E-state index is 0.122. The Morgan fingerprint density at radius 1 is 0.974 bits per heavy atom. The van der Waals surface area contributed by atoms with Crippen LogP contribution in [0.5, 0.6) is 11.5 Å². The number of rotatable bonds is 7. The van der Waals surface area contributed by atoms with Crippen molar-refractivity contribution in [3.8, 4) is 11.5 Å². The van der Waals surface area contributed by atoms with Crippen molar-refractivity contribution in [3.05, 3.63) is 82.4 Å². The topological polar surface area (TPSA) is 108 Å². The molecule has 1 saturated heterocycles. The highest BCUT2D eigenvalue weighted by molar-refractivity contribution is 6.51. The number of carbonyl (C=O) groups is 3. The number of ether oxygens (including phenoxy) is 2. The van der Waals surface area contributed by atoms with E-state index in [1.165, 1.54) is 38.2 Å². The van der Waals surface area contributed by atoms with Crippen molar-refractivity contribution in [3.63, 3.8) is 0 Å². The first-order valence-corrected chi connectivity index (χ1v) is 12.3. The quantitative estimate of drug-likeness (QED) is 0.242. The molecule has 2 N–H and O–H groups in total. The number of nitrogens with one attached hydrogen (secondary N) is 1. The minimum Gasteiger partial charge on any atom is -0.507 e. The van der Waals surface area contributed by atoms with Crippen LogP contribution >= 0.6 is 11.6 Å². The number of methoxy groups -OCH3 is 2. The monoisotopic (exact) mass is 549 g/mol. The Balaban J connectivity index is 1.93. The highest BCUT2D eigenvalue weighted by Crippen LogP contribution is 2.45. The molecule has 1 atom stereocenters. The number of halogens is 1. The summed E-state index contributed by atoms with van der Waals surface area (Å²) in [4.78, 5) is 41.7. The number of aliphatic hydroxyl groups excluding tert-OH is 1. The number of hydrogen-bond acceptors (Lipinski definition) is 7. The van der Waals surface area contributed by atoms with Crippen molar-refractivity contribution < 1.29 is 29.0 Å². The molecule has 0 saturated carbocycles. The molecule has 9 nitrogen and oxygen atoms in total. The van der Waals surface area contributed by atoms with E-state index in [-0.39, 0.29) is 27.8 Å². The molecule has 0 radical (unpaired) electrons. The lowest BCUT2D eigenvalue weighted by atomic mass is 9.94. The molecule has 1 aliphatic heterocycles. The number of benzene rings is 3. The molecule has 1 aliphatic rings. The SMILES string of the molecule is COc1cc(OC)c(/C(O)=C2\C(=O)C(=O)N(c3ccc(NC(C)=O)cc3)C2c2ccc(N(C)C)cc2)cc1Cl. The Labute approximate surface area is 231 Å². The third-order valence-corrected chi connectivity index (χ3v) is 6.66. The fourth-order valence-corrected chi connectivity index (χ4v) is 4.71. The van der Waals surface area contributed by atoms with Crippen LogP contribution < -0.4 is 24.6 Å². The second kappa shape index (κ2) is 11.1. The van der Waals surface area contributed by atoms with E-state index in [9.17, 15) is 19.5 Å². The average Bonchev–Trinajstić information content (AvgIpc) is 3.18. The predicted octanol–water partition coefficient (Wildman–Crippen LogP) is 5.01. The predicted molar refractivity (Wildman–Crippen MR) is 151 cm³/mol. The Kier molecular flexibility index (Phi) is 7.83. The zero-order valence-electron chi connectivity index (χ0n) is 22.1. The van der Waals surface area contributed by atoms with Gasteiger partial charge in [0, 0.05) is 44.1 Å². The minimum atomic E-state index is -0.960. The third kappa shape index (κ3) is 5.26. The molecule has 1 heterocycles. The van der Waals surface area contributed by atoms with Gasteiger partial charge < -0.3 is 24.8 Å². The Hall–Kier alpha value is -4.50. The molecule has 1 fully saturated rings. The number of amides is 2. The second-order valence-electron chi connectivity index (χ2n) is 9.07. The molecule has 0 spiro atoms. The molecule has 0 bridgehead atoms. The number of ketones is 1. The lowest BCUT2D eigenvalue weighted by Gasteiger charge is -2.26. The molecule has 39 heavy (non-hydrogen) atoms. The molecule has 1 unspecified atom stereocenters. The summed E-state index contributed by atoms with van der Waals surface area (Å²) >= 11 is 6.34. The zero-order valence-corrected chi connectivity index (χ0v) is 22.9. The lowest BCUT2D eigenvalue weighted by molar-refractivity contribution is -0.132. The molecule has 0 aliphatic carbocycles. The summed E-state index contributed by atoms with van der Waals surface area (Å²) in [6, 6.07) is 15.8. The van der Waals surface area contributed by atoms with Crippen LogP contribution in [-0.4, -0.2) is 51.0 Å². The van der Waals surface area contributed by atoms with Crippen molar-refractivity contribution in [2.75, 3.05) is 43.4 Å². The first-order valence-electron chi connectivity index (χ1n) is 11.9. The van der Waals surface area contributed by atoms with E-state index in [4.69, 9.17) is 21.1 Å². The van der Waals surface area contributed by atoms with Crippen LogP contribution in [0.1, 0.15) is 24.1 Å². The average molecular weight is 550 g/mol. The summed E-state index contributed by atoms with van der Waals surface area (Å²) in [5.41, 5.74) is 2.48. The van der Waals surface area contributed by atoms with Gasteiger partial charge in [0.2, 0.25) is 5.91 Å². The van der Waals surface area contributed by atoms with E-state index in [1.54, 1.807) is 36.4 Å². The largest absolute Gasteiger partial charge is 0.507 e. The van der Waals surface area contributed by atoms with E-state index >= 15 is 0 Å². The molecule has 3 aromatic rings. The number of hydrogen-bond donors (Lipinski definition) is 2. The van der Waals surface area contributed by atoms with E-state index in [2.05, 4.69) is 5.32 Å². The number of carbonyl (C=O) groups excluding carboxylic acids is 3. The van der Waals surface area contributed by atoms with Crippen LogP contribution in [-0.2, 0) is 14.4 Å². The molecular weight excluding hydrogens is 522 g/mol. The van der Waals surface area contributed by atoms with Crippen molar-refractivity contribution in [2.24, 2.45) is 0 Å². The highest BCUT2D eigenvalue weighted by atomic mass is 35.5. The van der Waals surface area contributed by atoms with Crippen LogP contribution in [0, 0.1) is 0 Å². The summed E-state index contributed by atoms with van der Waals surface area (Å²) in [5.74, 6) is -1.83. The molecule has 2 amide bonds. The Morgan fingerprint density at radius 3 is 2.13 bits per heavy atom. The number of Topliss-reactive ketones (excluding diaryl/α,β-unsaturated/α-hetero) is 1. The molecule has 10 heteroatoms. The molecule has 0 aromatic heterocycles. The maximum Gasteiger partial charge on any atom is 0.300 e. The van der Waals surface area contributed by atoms with Gasteiger partial charge in [0.1, 0.15) is 17.3 Å². The Bertz CT molecular complexity index is 1470. The second-order valence-corrected chi connectivity index (χ2v) is 9.48. The summed E-state index contributed by atoms with van der Waals surface area (Å²) in [6.45, 7) is 1.39. The van der Waals surface area contributed by atoms with Gasteiger partial charge in [-0.15, -0.1) is 0 Å². The van der Waals surface area contributed by atoms with Crippen LogP contribution in [0.3, 0.4) is 0 Å². The van der Waals surface area contributed by atoms with Gasteiger partial charge in [0.25, 0.3) is 11.7 Å². The number of nitrogens with zero attached hydrogens (tertiary/aromatic N) is 2. The van der Waals surface area contributed by atoms with E-state index in [0.717, 1.165) is 5.69 Å². The molecule has 4 rings (SSSR count). The van der Waals surface area contributed by atoms with Gasteiger partial charge in [-0.05, 0) is 48.0 Å². The molecule has 3 aromatic carbocycles. The lowest BCUT2D eigenvalue weighted by Crippen LogP contribution is -2.29. The maximum absolute atomic E-state index is 13.5. The standard InChI is InChI=1S/C29H28ClN3O6/c1-16(34)31-18-8-12-20(13-9-18)33-26(17-6-10-19(11-7-17)32(2)3)25(28(36)29(33)37)27(35)21-14-22(30)24(39-5)15-23(21)38-4/h6-15,26,35H,1-5H3,(H,31,34)/b27-25+. The van der Waals surface area contributed by atoms with Crippen LogP contribution in [0.4, 0.5) is 17.1 Å². The van der Waals surface area contributed by atoms with E-state index in [0.29, 0.717) is 22.7 Å². The normalized spacial score (nSPS) is 16.3. The first kappa shape index (κ1) is 27.5. The van der Waals surface area contributed by atoms with Crippen LogP contribution in [0.25, 0.3) is 5.76 Å². The van der Waals surface area contributed by atoms with E-state index in [1.807, 2.05) is 31.1 Å². The first-order chi connectivity index (χ1) is 18.6. The van der Waals surface area contributed by atoms with Gasteiger partial charge in [-0.2, -0.15) is 0 Å². The smallest absolute Gasteiger partial charge is 0.300 e. The fraction of sp³-hybridized carbons (Fsp3) is 0.207. The molecule has 202 valence electrons. The van der Waals surface area contributed by atoms with Crippen molar-refractivity contribution >= 4 is 52.0 Å². The summed E-state index contributed by atoms with van der Waals surface area (Å²) in [5, 5.41) is 14.4. The van der Waals surface area contributed by atoms with Gasteiger partial charge in [0.15, 0.2) is 0 Å². The van der Waals surface area contributed by atoms with Crippen molar-refractivity contribution in [1.82, 2.24) is 0 Å². The van der Waals surface area contributed by atoms with Crippen LogP contribution in [0.2, 0.25) is 5.02 Å². The van der Waals surface area contributed by atoms with E-state index < -0.39 is 23.5 Å². The highest BCUT2D eigenvalue weighted by Gasteiger charge is 2.47. The van der Waals surface area contributed by atoms with Gasteiger partial charge in [0.05, 0.1) is 36.4 Å². The van der Waals surface area contributed by atoms with Crippen LogP contribution in [0.15, 0.2) is 66.2 Å². The fourth-order valence-electron chi connectivity index (χ4n) is 4.47. The van der Waals surface area contributed by atoms with Crippen molar-refractivity contribution in [2.45, 2.75) is 13.0 Å². The Morgan fingerprint density at radius 2 is 1.59 bits per heavy atom. The summed E-state index contributed by atoms with van der Waals surface area (Å²) in [6.07, 6.45) is 0. The van der Waals surface area contributed by atoms with Crippen molar-refractivity contribution in [1.29, 1.82) is 0 Å². The molecular formula is C29H28ClN3O6. The number of aliphatic hydroxyl groups is 1. The number of anilines is 3.